The van der Waals surface area contributed by atoms with Crippen LogP contribution in [0.2, 0.25) is 0 Å². The Labute approximate surface area is 197 Å². The van der Waals surface area contributed by atoms with Crippen LogP contribution in [0, 0.1) is 6.92 Å². The molecule has 4 rings (SSSR count). The number of nitrogens with zero attached hydrogens (tertiary/aromatic N) is 1. The van der Waals surface area contributed by atoms with E-state index < -0.39 is 0 Å². The fraction of sp³-hybridized carbons (Fsp3) is 0.192. The van der Waals surface area contributed by atoms with Crippen LogP contribution in [0.4, 0.5) is 11.4 Å². The lowest BCUT2D eigenvalue weighted by atomic mass is 10.2. The van der Waals surface area contributed by atoms with Crippen molar-refractivity contribution in [2.45, 2.75) is 6.92 Å². The minimum Gasteiger partial charge on any atom is -0.492 e. The van der Waals surface area contributed by atoms with Gasteiger partial charge in [0.15, 0.2) is 6.61 Å². The van der Waals surface area contributed by atoms with Crippen LogP contribution in [0.25, 0.3) is 0 Å². The second-order valence-electron chi connectivity index (χ2n) is 7.78. The van der Waals surface area contributed by atoms with Gasteiger partial charge < -0.3 is 25.0 Å². The SMILES string of the molecule is Cc1cccc(OCCN2C(=O)COc3cc(NC(=O)CNC(=O)c4ccccc4)ccc32)c1. The lowest BCUT2D eigenvalue weighted by Crippen LogP contribution is -2.41. The zero-order chi connectivity index (χ0) is 23.9. The Morgan fingerprint density at radius 3 is 2.65 bits per heavy atom. The van der Waals surface area contributed by atoms with Crippen molar-refractivity contribution in [3.05, 3.63) is 83.9 Å². The van der Waals surface area contributed by atoms with Gasteiger partial charge in [0.2, 0.25) is 5.91 Å². The summed E-state index contributed by atoms with van der Waals surface area (Å²) in [6, 6.07) is 21.5. The summed E-state index contributed by atoms with van der Waals surface area (Å²) >= 11 is 0. The summed E-state index contributed by atoms with van der Waals surface area (Å²) in [5.74, 6) is 0.367. The zero-order valence-corrected chi connectivity index (χ0v) is 18.7. The van der Waals surface area contributed by atoms with E-state index in [1.165, 1.54) is 0 Å². The summed E-state index contributed by atoms with van der Waals surface area (Å²) in [4.78, 5) is 38.4. The molecule has 3 amide bonds. The van der Waals surface area contributed by atoms with Gasteiger partial charge in [-0.3, -0.25) is 14.4 Å². The quantitative estimate of drug-likeness (QED) is 0.539. The van der Waals surface area contributed by atoms with Gasteiger partial charge >= 0.3 is 0 Å². The van der Waals surface area contributed by atoms with Crippen LogP contribution in [0.3, 0.4) is 0 Å². The number of anilines is 2. The van der Waals surface area contributed by atoms with E-state index in [0.717, 1.165) is 11.3 Å². The maximum Gasteiger partial charge on any atom is 0.265 e. The van der Waals surface area contributed by atoms with Crippen molar-refractivity contribution < 1.29 is 23.9 Å². The average molecular weight is 460 g/mol. The van der Waals surface area contributed by atoms with Gasteiger partial charge in [0, 0.05) is 17.3 Å². The number of fused-ring (bicyclic) bond motifs is 1. The Morgan fingerprint density at radius 1 is 1.03 bits per heavy atom. The van der Waals surface area contributed by atoms with Crippen LogP contribution in [0.15, 0.2) is 72.8 Å². The number of benzene rings is 3. The lowest BCUT2D eigenvalue weighted by Gasteiger charge is -2.29. The van der Waals surface area contributed by atoms with Crippen LogP contribution in [-0.2, 0) is 9.59 Å². The molecule has 0 saturated heterocycles. The summed E-state index contributed by atoms with van der Waals surface area (Å²) in [6.45, 7) is 2.41. The number of carbonyl (C=O) groups is 3. The molecule has 0 atom stereocenters. The van der Waals surface area contributed by atoms with E-state index in [1.54, 1.807) is 47.4 Å². The highest BCUT2D eigenvalue weighted by atomic mass is 16.5. The Balaban J connectivity index is 1.33. The molecule has 174 valence electrons. The second kappa shape index (κ2) is 10.5. The van der Waals surface area contributed by atoms with E-state index in [1.807, 2.05) is 37.3 Å². The van der Waals surface area contributed by atoms with E-state index in [4.69, 9.17) is 9.47 Å². The molecule has 0 spiro atoms. The van der Waals surface area contributed by atoms with Gasteiger partial charge in [0.1, 0.15) is 18.1 Å². The van der Waals surface area contributed by atoms with Crippen molar-refractivity contribution in [2.75, 3.05) is 36.5 Å². The number of ether oxygens (including phenoxy) is 2. The van der Waals surface area contributed by atoms with Gasteiger partial charge in [-0.25, -0.2) is 0 Å². The Hall–Kier alpha value is -4.33. The van der Waals surface area contributed by atoms with Crippen LogP contribution in [0.1, 0.15) is 15.9 Å². The van der Waals surface area contributed by atoms with Crippen molar-refractivity contribution in [3.63, 3.8) is 0 Å². The monoisotopic (exact) mass is 459 g/mol. The number of nitrogens with one attached hydrogen (secondary N) is 2. The molecule has 1 aliphatic heterocycles. The molecule has 0 aromatic heterocycles. The number of rotatable bonds is 8. The lowest BCUT2D eigenvalue weighted by molar-refractivity contribution is -0.121. The van der Waals surface area contributed by atoms with Gasteiger partial charge in [-0.2, -0.15) is 0 Å². The van der Waals surface area contributed by atoms with Crippen molar-refractivity contribution in [1.82, 2.24) is 5.32 Å². The summed E-state index contributed by atoms with van der Waals surface area (Å²) in [5.41, 5.74) is 2.69. The summed E-state index contributed by atoms with van der Waals surface area (Å²) in [7, 11) is 0. The normalized spacial score (nSPS) is 12.4. The number of aryl methyl sites for hydroxylation is 1. The molecular weight excluding hydrogens is 434 g/mol. The highest BCUT2D eigenvalue weighted by Gasteiger charge is 2.26. The van der Waals surface area contributed by atoms with Gasteiger partial charge in [0.05, 0.1) is 18.8 Å². The van der Waals surface area contributed by atoms with Crippen LogP contribution < -0.4 is 25.0 Å². The Morgan fingerprint density at radius 2 is 1.85 bits per heavy atom. The smallest absolute Gasteiger partial charge is 0.265 e. The van der Waals surface area contributed by atoms with Gasteiger partial charge in [0.25, 0.3) is 11.8 Å². The third-order valence-corrected chi connectivity index (χ3v) is 5.21. The van der Waals surface area contributed by atoms with E-state index in [0.29, 0.717) is 35.8 Å². The number of amides is 3. The van der Waals surface area contributed by atoms with Crippen molar-refractivity contribution in [2.24, 2.45) is 0 Å². The fourth-order valence-corrected chi connectivity index (χ4v) is 3.54. The van der Waals surface area contributed by atoms with Crippen LogP contribution in [0.5, 0.6) is 11.5 Å². The first-order chi connectivity index (χ1) is 16.5. The third-order valence-electron chi connectivity index (χ3n) is 5.21. The first kappa shape index (κ1) is 22.8. The second-order valence-corrected chi connectivity index (χ2v) is 7.78. The largest absolute Gasteiger partial charge is 0.492 e. The molecule has 34 heavy (non-hydrogen) atoms. The summed E-state index contributed by atoms with van der Waals surface area (Å²) in [6.07, 6.45) is 0. The highest BCUT2D eigenvalue weighted by Crippen LogP contribution is 2.34. The Kier molecular flexibility index (Phi) is 7.07. The van der Waals surface area contributed by atoms with Gasteiger partial charge in [-0.05, 0) is 48.9 Å². The number of hydrogen-bond donors (Lipinski definition) is 2. The van der Waals surface area contributed by atoms with Crippen molar-refractivity contribution in [1.29, 1.82) is 0 Å². The molecule has 2 N–H and O–H groups in total. The van der Waals surface area contributed by atoms with Crippen LogP contribution >= 0.6 is 0 Å². The molecule has 8 nitrogen and oxygen atoms in total. The van der Waals surface area contributed by atoms with Gasteiger partial charge in [-0.15, -0.1) is 0 Å². The maximum absolute atomic E-state index is 12.4. The summed E-state index contributed by atoms with van der Waals surface area (Å²) in [5, 5.41) is 5.32. The molecule has 3 aromatic carbocycles. The molecule has 0 unspecified atom stereocenters. The number of carbonyl (C=O) groups excluding carboxylic acids is 3. The Bertz CT molecular complexity index is 1200. The molecule has 0 fully saturated rings. The molecule has 1 heterocycles. The zero-order valence-electron chi connectivity index (χ0n) is 18.7. The van der Waals surface area contributed by atoms with Crippen molar-refractivity contribution >= 4 is 29.1 Å². The minimum absolute atomic E-state index is 0.0953. The predicted molar refractivity (Wildman–Crippen MR) is 128 cm³/mol. The first-order valence-electron chi connectivity index (χ1n) is 10.9. The fourth-order valence-electron chi connectivity index (χ4n) is 3.54. The molecule has 0 saturated carbocycles. The molecular formula is C26H25N3O5. The molecule has 0 radical (unpaired) electrons. The molecule has 1 aliphatic rings. The first-order valence-corrected chi connectivity index (χ1v) is 10.9. The van der Waals surface area contributed by atoms with E-state index in [9.17, 15) is 14.4 Å². The standard InChI is InChI=1S/C26H25N3O5/c1-18-6-5-9-21(14-18)33-13-12-29-22-11-10-20(15-23(22)34-17-25(29)31)28-24(30)16-27-26(32)19-7-3-2-4-8-19/h2-11,14-15H,12-13,16-17H2,1H3,(H,27,32)(H,28,30). The number of hydrogen-bond acceptors (Lipinski definition) is 5. The highest BCUT2D eigenvalue weighted by molar-refractivity contribution is 6.01. The average Bonchev–Trinajstić information content (AvgIpc) is 2.84. The van der Waals surface area contributed by atoms with Gasteiger partial charge in [-0.1, -0.05) is 30.3 Å². The molecule has 3 aromatic rings. The predicted octanol–water partition coefficient (Wildman–Crippen LogP) is 3.17. The third kappa shape index (κ3) is 5.72. The maximum atomic E-state index is 12.4. The van der Waals surface area contributed by atoms with Crippen LogP contribution in [-0.4, -0.2) is 44.0 Å². The molecule has 0 bridgehead atoms. The summed E-state index contributed by atoms with van der Waals surface area (Å²) < 4.78 is 11.4. The molecule has 0 aliphatic carbocycles. The molecule has 8 heteroatoms. The van der Waals surface area contributed by atoms with E-state index in [2.05, 4.69) is 10.6 Å². The topological polar surface area (TPSA) is 97.0 Å². The minimum atomic E-state index is -0.375. The van der Waals surface area contributed by atoms with E-state index >= 15 is 0 Å². The van der Waals surface area contributed by atoms with Crippen molar-refractivity contribution in [3.8, 4) is 11.5 Å². The van der Waals surface area contributed by atoms with E-state index in [-0.39, 0.29) is 30.9 Å².